The Morgan fingerprint density at radius 3 is 2.80 bits per heavy atom. The lowest BCUT2D eigenvalue weighted by Gasteiger charge is -2.34. The van der Waals surface area contributed by atoms with Crippen molar-refractivity contribution in [1.82, 2.24) is 10.2 Å². The maximum absolute atomic E-state index is 13.8. The zero-order chi connectivity index (χ0) is 14.3. The summed E-state index contributed by atoms with van der Waals surface area (Å²) >= 11 is 0. The number of carbonyl (C=O) groups excluding carboxylic acids is 1. The Balaban J connectivity index is 1.80. The standard InChI is InChI=1S/C15H18F2N2O/c1-9-4-12(14(17)5-13(9)16)15(20)19-3-2-10-6-18-7-11(10)8-19/h4-5,10-11,18H,2-3,6-8H2,1H3. The Hall–Kier alpha value is -1.49. The third-order valence-electron chi connectivity index (χ3n) is 4.47. The molecule has 2 unspecified atom stereocenters. The number of piperidine rings is 1. The molecule has 3 nitrogen and oxygen atoms in total. The number of likely N-dealkylation sites (tertiary alicyclic amines) is 1. The molecule has 1 aromatic rings. The molecule has 0 aromatic heterocycles. The summed E-state index contributed by atoms with van der Waals surface area (Å²) in [4.78, 5) is 14.1. The van der Waals surface area contributed by atoms with E-state index in [9.17, 15) is 13.6 Å². The van der Waals surface area contributed by atoms with Crippen molar-refractivity contribution in [3.63, 3.8) is 0 Å². The van der Waals surface area contributed by atoms with Crippen molar-refractivity contribution in [1.29, 1.82) is 0 Å². The topological polar surface area (TPSA) is 32.3 Å². The van der Waals surface area contributed by atoms with E-state index in [1.165, 1.54) is 6.07 Å². The molecule has 0 aliphatic carbocycles. The predicted molar refractivity (Wildman–Crippen MR) is 71.5 cm³/mol. The van der Waals surface area contributed by atoms with Crippen LogP contribution >= 0.6 is 0 Å². The third kappa shape index (κ3) is 2.30. The largest absolute Gasteiger partial charge is 0.338 e. The number of rotatable bonds is 1. The average Bonchev–Trinajstić information content (AvgIpc) is 2.89. The van der Waals surface area contributed by atoms with Gasteiger partial charge in [-0.05, 0) is 49.9 Å². The summed E-state index contributed by atoms with van der Waals surface area (Å²) in [6.07, 6.45) is 0.950. The first-order valence-corrected chi connectivity index (χ1v) is 7.02. The second kappa shape index (κ2) is 5.13. The van der Waals surface area contributed by atoms with Crippen molar-refractivity contribution in [2.45, 2.75) is 13.3 Å². The van der Waals surface area contributed by atoms with Gasteiger partial charge in [0, 0.05) is 19.2 Å². The summed E-state index contributed by atoms with van der Waals surface area (Å²) in [5.41, 5.74) is 0.278. The number of benzene rings is 1. The van der Waals surface area contributed by atoms with Gasteiger partial charge in [-0.15, -0.1) is 0 Å². The van der Waals surface area contributed by atoms with Gasteiger partial charge in [0.15, 0.2) is 0 Å². The highest BCUT2D eigenvalue weighted by molar-refractivity contribution is 5.94. The summed E-state index contributed by atoms with van der Waals surface area (Å²) in [5, 5.41) is 3.33. The van der Waals surface area contributed by atoms with Gasteiger partial charge in [0.05, 0.1) is 5.56 Å². The maximum Gasteiger partial charge on any atom is 0.256 e. The highest BCUT2D eigenvalue weighted by Gasteiger charge is 2.35. The molecule has 108 valence electrons. The van der Waals surface area contributed by atoms with Crippen molar-refractivity contribution in [3.05, 3.63) is 34.9 Å². The first-order valence-electron chi connectivity index (χ1n) is 7.02. The van der Waals surface area contributed by atoms with Crippen molar-refractivity contribution in [3.8, 4) is 0 Å². The van der Waals surface area contributed by atoms with E-state index in [4.69, 9.17) is 0 Å². The number of aryl methyl sites for hydroxylation is 1. The van der Waals surface area contributed by atoms with E-state index >= 15 is 0 Å². The van der Waals surface area contributed by atoms with Crippen LogP contribution in [0.3, 0.4) is 0 Å². The van der Waals surface area contributed by atoms with E-state index in [1.54, 1.807) is 11.8 Å². The van der Waals surface area contributed by atoms with E-state index in [-0.39, 0.29) is 11.5 Å². The van der Waals surface area contributed by atoms with E-state index in [0.29, 0.717) is 30.5 Å². The Kier molecular flexibility index (Phi) is 3.46. The van der Waals surface area contributed by atoms with Gasteiger partial charge in [-0.3, -0.25) is 4.79 Å². The smallest absolute Gasteiger partial charge is 0.256 e. The zero-order valence-corrected chi connectivity index (χ0v) is 11.5. The van der Waals surface area contributed by atoms with Crippen LogP contribution < -0.4 is 5.32 Å². The van der Waals surface area contributed by atoms with Crippen molar-refractivity contribution in [2.24, 2.45) is 11.8 Å². The monoisotopic (exact) mass is 280 g/mol. The van der Waals surface area contributed by atoms with Crippen LogP contribution in [0.2, 0.25) is 0 Å². The number of hydrogen-bond donors (Lipinski definition) is 1. The van der Waals surface area contributed by atoms with Crippen molar-refractivity contribution >= 4 is 5.91 Å². The minimum atomic E-state index is -0.773. The molecule has 2 fully saturated rings. The molecule has 1 aromatic carbocycles. The number of carbonyl (C=O) groups is 1. The van der Waals surface area contributed by atoms with Crippen LogP contribution in [0.5, 0.6) is 0 Å². The molecule has 2 aliphatic rings. The molecule has 2 atom stereocenters. The molecule has 0 saturated carbocycles. The second-order valence-corrected chi connectivity index (χ2v) is 5.80. The molecule has 1 N–H and O–H groups in total. The summed E-state index contributed by atoms with van der Waals surface area (Å²) < 4.78 is 27.1. The van der Waals surface area contributed by atoms with Gasteiger partial charge in [-0.1, -0.05) is 0 Å². The maximum atomic E-state index is 13.8. The Morgan fingerprint density at radius 2 is 2.00 bits per heavy atom. The van der Waals surface area contributed by atoms with E-state index < -0.39 is 11.6 Å². The lowest BCUT2D eigenvalue weighted by Crippen LogP contribution is -2.43. The summed E-state index contributed by atoms with van der Waals surface area (Å²) in [5.74, 6) is -0.630. The van der Waals surface area contributed by atoms with Gasteiger partial charge in [0.25, 0.3) is 5.91 Å². The highest BCUT2D eigenvalue weighted by Crippen LogP contribution is 2.28. The van der Waals surface area contributed by atoms with Crippen LogP contribution in [0.1, 0.15) is 22.3 Å². The van der Waals surface area contributed by atoms with E-state index in [0.717, 1.165) is 25.6 Å². The number of fused-ring (bicyclic) bond motifs is 1. The first kappa shape index (κ1) is 13.5. The fraction of sp³-hybridized carbons (Fsp3) is 0.533. The average molecular weight is 280 g/mol. The number of nitrogens with zero attached hydrogens (tertiary/aromatic N) is 1. The summed E-state index contributed by atoms with van der Waals surface area (Å²) in [6, 6.07) is 2.11. The quantitative estimate of drug-likeness (QED) is 0.853. The lowest BCUT2D eigenvalue weighted by atomic mass is 9.88. The fourth-order valence-corrected chi connectivity index (χ4v) is 3.21. The molecular formula is C15H18F2N2O. The molecule has 1 amide bonds. The molecular weight excluding hydrogens is 262 g/mol. The predicted octanol–water partition coefficient (Wildman–Crippen LogP) is 1.95. The van der Waals surface area contributed by atoms with E-state index in [2.05, 4.69) is 5.32 Å². The van der Waals surface area contributed by atoms with Crippen LogP contribution in [-0.4, -0.2) is 37.0 Å². The van der Waals surface area contributed by atoms with Gasteiger partial charge in [0.1, 0.15) is 11.6 Å². The Bertz CT molecular complexity index is 547. The van der Waals surface area contributed by atoms with Crippen LogP contribution in [0.15, 0.2) is 12.1 Å². The Morgan fingerprint density at radius 1 is 1.25 bits per heavy atom. The minimum Gasteiger partial charge on any atom is -0.338 e. The molecule has 2 aliphatic heterocycles. The number of nitrogens with one attached hydrogen (secondary N) is 1. The van der Waals surface area contributed by atoms with Crippen LogP contribution in [0.4, 0.5) is 8.78 Å². The lowest BCUT2D eigenvalue weighted by molar-refractivity contribution is 0.0637. The fourth-order valence-electron chi connectivity index (χ4n) is 3.21. The third-order valence-corrected chi connectivity index (χ3v) is 4.47. The molecule has 0 radical (unpaired) electrons. The molecule has 20 heavy (non-hydrogen) atoms. The SMILES string of the molecule is Cc1cc(C(=O)N2CCC3CNCC3C2)c(F)cc1F. The molecule has 5 heteroatoms. The van der Waals surface area contributed by atoms with E-state index in [1.807, 2.05) is 0 Å². The highest BCUT2D eigenvalue weighted by atomic mass is 19.1. The van der Waals surface area contributed by atoms with Crippen molar-refractivity contribution < 1.29 is 13.6 Å². The second-order valence-electron chi connectivity index (χ2n) is 5.80. The summed E-state index contributed by atoms with van der Waals surface area (Å²) in [7, 11) is 0. The molecule has 0 spiro atoms. The molecule has 3 rings (SSSR count). The molecule has 2 heterocycles. The minimum absolute atomic E-state index is 0.0201. The number of halogens is 2. The zero-order valence-electron chi connectivity index (χ0n) is 11.5. The van der Waals surface area contributed by atoms with Crippen molar-refractivity contribution in [2.75, 3.05) is 26.2 Å². The summed E-state index contributed by atoms with van der Waals surface area (Å²) in [6.45, 7) is 4.78. The van der Waals surface area contributed by atoms with Gasteiger partial charge < -0.3 is 10.2 Å². The number of amides is 1. The first-order chi connectivity index (χ1) is 9.56. The van der Waals surface area contributed by atoms with Crippen LogP contribution in [0, 0.1) is 30.4 Å². The molecule has 0 bridgehead atoms. The van der Waals surface area contributed by atoms with Crippen LogP contribution in [0.25, 0.3) is 0 Å². The van der Waals surface area contributed by atoms with Crippen LogP contribution in [-0.2, 0) is 0 Å². The Labute approximate surface area is 117 Å². The number of hydrogen-bond acceptors (Lipinski definition) is 2. The molecule has 2 saturated heterocycles. The van der Waals surface area contributed by atoms with Gasteiger partial charge in [-0.2, -0.15) is 0 Å². The van der Waals surface area contributed by atoms with Gasteiger partial charge >= 0.3 is 0 Å². The normalized spacial score (nSPS) is 25.6. The van der Waals surface area contributed by atoms with Gasteiger partial charge in [-0.25, -0.2) is 8.78 Å². The van der Waals surface area contributed by atoms with Gasteiger partial charge in [0.2, 0.25) is 0 Å².